The first-order valence-corrected chi connectivity index (χ1v) is 17.8. The summed E-state index contributed by atoms with van der Waals surface area (Å²) < 4.78 is 12.6. The van der Waals surface area contributed by atoms with E-state index in [0.717, 1.165) is 30.6 Å². The van der Waals surface area contributed by atoms with Crippen molar-refractivity contribution in [3.8, 4) is 0 Å². The summed E-state index contributed by atoms with van der Waals surface area (Å²) in [6.07, 6.45) is 13.3. The molecule has 4 aliphatic rings. The SMILES string of the molecule is CC(C)CCC[C@@H](C)[C@H]1CC[C@H]2[C@@H]3CC=C4C[C@@H](OC(=O)c5ccccc5)C[C@H](OC(=O)c5ccccc5)[C@]4(C)[C@H]3CC[C@]12C. The van der Waals surface area contributed by atoms with Gasteiger partial charge in [0.1, 0.15) is 12.2 Å². The van der Waals surface area contributed by atoms with Crippen molar-refractivity contribution in [1.82, 2.24) is 0 Å². The molecule has 0 aliphatic heterocycles. The Kier molecular flexibility index (Phi) is 9.33. The van der Waals surface area contributed by atoms with Crippen LogP contribution in [0.3, 0.4) is 0 Å². The topological polar surface area (TPSA) is 52.6 Å². The predicted molar refractivity (Wildman–Crippen MR) is 180 cm³/mol. The van der Waals surface area contributed by atoms with Crippen LogP contribution < -0.4 is 0 Å². The number of ether oxygens (including phenoxy) is 2. The molecular weight excluding hydrogens is 556 g/mol. The first-order valence-electron chi connectivity index (χ1n) is 17.8. The van der Waals surface area contributed by atoms with Crippen LogP contribution in [0.5, 0.6) is 0 Å². The number of carbonyl (C=O) groups excluding carboxylic acids is 2. The third kappa shape index (κ3) is 6.15. The number of benzene rings is 2. The van der Waals surface area contributed by atoms with E-state index in [0.29, 0.717) is 40.7 Å². The lowest BCUT2D eigenvalue weighted by Gasteiger charge is -2.60. The fraction of sp³-hybridized carbons (Fsp3) is 0.610. The predicted octanol–water partition coefficient (Wildman–Crippen LogP) is 10.1. The normalized spacial score (nSPS) is 34.6. The van der Waals surface area contributed by atoms with Crippen molar-refractivity contribution in [2.24, 2.45) is 46.3 Å². The van der Waals surface area contributed by atoms with Crippen LogP contribution in [0.1, 0.15) is 120 Å². The van der Waals surface area contributed by atoms with Crippen molar-refractivity contribution in [2.75, 3.05) is 0 Å². The zero-order valence-corrected chi connectivity index (χ0v) is 28.2. The largest absolute Gasteiger partial charge is 0.458 e. The van der Waals surface area contributed by atoms with Crippen LogP contribution >= 0.6 is 0 Å². The Morgan fingerprint density at radius 1 is 0.822 bits per heavy atom. The van der Waals surface area contributed by atoms with Crippen molar-refractivity contribution < 1.29 is 19.1 Å². The first-order chi connectivity index (χ1) is 21.6. The molecule has 0 spiro atoms. The minimum atomic E-state index is -0.344. The van der Waals surface area contributed by atoms with Crippen LogP contribution in [0.2, 0.25) is 0 Å². The summed E-state index contributed by atoms with van der Waals surface area (Å²) >= 11 is 0. The zero-order valence-electron chi connectivity index (χ0n) is 28.2. The van der Waals surface area contributed by atoms with Gasteiger partial charge in [-0.05, 0) is 97.3 Å². The van der Waals surface area contributed by atoms with E-state index in [2.05, 4.69) is 40.7 Å². The van der Waals surface area contributed by atoms with Crippen LogP contribution in [0.25, 0.3) is 0 Å². The Labute approximate surface area is 271 Å². The summed E-state index contributed by atoms with van der Waals surface area (Å²) in [5.41, 5.74) is 2.59. The molecule has 0 heterocycles. The fourth-order valence-corrected chi connectivity index (χ4v) is 10.5. The van der Waals surface area contributed by atoms with Crippen molar-refractivity contribution in [2.45, 2.75) is 111 Å². The van der Waals surface area contributed by atoms with E-state index in [9.17, 15) is 9.59 Å². The molecule has 0 amide bonds. The van der Waals surface area contributed by atoms with Crippen LogP contribution in [0.4, 0.5) is 0 Å². The minimum absolute atomic E-state index is 0.259. The molecule has 0 bridgehead atoms. The van der Waals surface area contributed by atoms with Gasteiger partial charge in [-0.15, -0.1) is 0 Å². The van der Waals surface area contributed by atoms with Crippen LogP contribution in [0, 0.1) is 46.3 Å². The van der Waals surface area contributed by atoms with Gasteiger partial charge in [-0.1, -0.05) is 102 Å². The number of fused-ring (bicyclic) bond motifs is 5. The van der Waals surface area contributed by atoms with Gasteiger partial charge in [0.05, 0.1) is 11.1 Å². The molecule has 0 N–H and O–H groups in total. The van der Waals surface area contributed by atoms with E-state index in [-0.39, 0.29) is 29.6 Å². The second-order valence-corrected chi connectivity index (χ2v) is 15.7. The molecule has 2 aromatic rings. The third-order valence-corrected chi connectivity index (χ3v) is 12.9. The molecule has 4 aliphatic carbocycles. The van der Waals surface area contributed by atoms with Crippen LogP contribution in [-0.2, 0) is 9.47 Å². The molecule has 2 aromatic carbocycles. The van der Waals surface area contributed by atoms with Crippen LogP contribution in [-0.4, -0.2) is 24.1 Å². The van der Waals surface area contributed by atoms with E-state index in [4.69, 9.17) is 9.47 Å². The quantitative estimate of drug-likeness (QED) is 0.209. The highest BCUT2D eigenvalue weighted by atomic mass is 16.6. The van der Waals surface area contributed by atoms with Gasteiger partial charge in [0.2, 0.25) is 0 Å². The molecule has 0 aromatic heterocycles. The smallest absolute Gasteiger partial charge is 0.338 e. The molecule has 0 saturated heterocycles. The summed E-state index contributed by atoms with van der Waals surface area (Å²) in [5.74, 6) is 3.54. The van der Waals surface area contributed by atoms with Crippen LogP contribution in [0.15, 0.2) is 72.3 Å². The number of hydrogen-bond donors (Lipinski definition) is 0. The van der Waals surface area contributed by atoms with Crippen molar-refractivity contribution in [3.05, 3.63) is 83.4 Å². The third-order valence-electron chi connectivity index (χ3n) is 12.9. The fourth-order valence-electron chi connectivity index (χ4n) is 10.5. The highest BCUT2D eigenvalue weighted by Gasteiger charge is 2.62. The first kappa shape index (κ1) is 32.1. The molecule has 242 valence electrons. The lowest BCUT2D eigenvalue weighted by molar-refractivity contribution is -0.114. The molecule has 4 heteroatoms. The Morgan fingerprint density at radius 3 is 2.11 bits per heavy atom. The second-order valence-electron chi connectivity index (χ2n) is 15.7. The monoisotopic (exact) mass is 610 g/mol. The van der Waals surface area contributed by atoms with Crippen molar-refractivity contribution in [3.63, 3.8) is 0 Å². The molecule has 45 heavy (non-hydrogen) atoms. The highest BCUT2D eigenvalue weighted by Crippen LogP contribution is 2.67. The van der Waals surface area contributed by atoms with Gasteiger partial charge >= 0.3 is 11.9 Å². The molecule has 9 atom stereocenters. The molecular formula is C41H54O4. The summed E-state index contributed by atoms with van der Waals surface area (Å²) in [6, 6.07) is 18.6. The van der Waals surface area contributed by atoms with Crippen molar-refractivity contribution >= 4 is 11.9 Å². The number of allylic oxidation sites excluding steroid dienone is 1. The summed E-state index contributed by atoms with van der Waals surface area (Å²) in [4.78, 5) is 26.7. The number of hydrogen-bond acceptors (Lipinski definition) is 4. The van der Waals surface area contributed by atoms with Gasteiger partial charge in [0.15, 0.2) is 0 Å². The lowest BCUT2D eigenvalue weighted by atomic mass is 9.46. The van der Waals surface area contributed by atoms with Gasteiger partial charge in [0.25, 0.3) is 0 Å². The van der Waals surface area contributed by atoms with E-state index in [1.54, 1.807) is 12.1 Å². The maximum Gasteiger partial charge on any atom is 0.338 e. The van der Waals surface area contributed by atoms with Crippen molar-refractivity contribution in [1.29, 1.82) is 0 Å². The van der Waals surface area contributed by atoms with Gasteiger partial charge in [0, 0.05) is 18.3 Å². The number of esters is 2. The Hall–Kier alpha value is -2.88. The molecule has 0 radical (unpaired) electrons. The van der Waals surface area contributed by atoms with Gasteiger partial charge < -0.3 is 9.47 Å². The minimum Gasteiger partial charge on any atom is -0.458 e. The average Bonchev–Trinajstić information content (AvgIpc) is 3.39. The molecule has 4 nitrogen and oxygen atoms in total. The highest BCUT2D eigenvalue weighted by molar-refractivity contribution is 5.90. The molecule has 6 rings (SSSR count). The standard InChI is InChI=1S/C41H54O4/c1-27(2)13-12-14-28(3)34-21-22-35-33-20-19-31-25-32(44-38(42)29-15-8-6-9-16-29)26-37(45-39(43)30-17-10-7-11-18-30)41(31,5)36(33)23-24-40(34,35)4/h6-11,15-19,27-28,32-37H,12-14,20-26H2,1-5H3/t28-,32-,33+,34-,35+,36+,37+,40-,41+/m1/s1. The maximum atomic E-state index is 13.6. The van der Waals surface area contributed by atoms with E-state index >= 15 is 0 Å². The molecule has 3 saturated carbocycles. The lowest BCUT2D eigenvalue weighted by Crippen LogP contribution is -2.57. The second kappa shape index (κ2) is 13.1. The zero-order chi connectivity index (χ0) is 31.8. The van der Waals surface area contributed by atoms with E-state index in [1.807, 2.05) is 48.5 Å². The van der Waals surface area contributed by atoms with Gasteiger partial charge in [-0.2, -0.15) is 0 Å². The van der Waals surface area contributed by atoms with Gasteiger partial charge in [-0.25, -0.2) is 9.59 Å². The van der Waals surface area contributed by atoms with E-state index in [1.165, 1.54) is 50.5 Å². The Bertz CT molecular complexity index is 1360. The average molecular weight is 611 g/mol. The Balaban J connectivity index is 1.26. The maximum absolute atomic E-state index is 13.6. The van der Waals surface area contributed by atoms with Gasteiger partial charge in [-0.3, -0.25) is 0 Å². The summed E-state index contributed by atoms with van der Waals surface area (Å²) in [7, 11) is 0. The number of carbonyl (C=O) groups is 2. The summed E-state index contributed by atoms with van der Waals surface area (Å²) in [6.45, 7) is 12.2. The number of rotatable bonds is 9. The summed E-state index contributed by atoms with van der Waals surface area (Å²) in [5, 5.41) is 0. The molecule has 3 fully saturated rings. The van der Waals surface area contributed by atoms with E-state index < -0.39 is 0 Å². The Morgan fingerprint density at radius 2 is 1.47 bits per heavy atom. The molecule has 0 unspecified atom stereocenters.